The molecule has 1 heterocycles. The molecule has 30 heavy (non-hydrogen) atoms. The molecule has 0 aliphatic heterocycles. The molecule has 0 unspecified atom stereocenters. The van der Waals surface area contributed by atoms with Gasteiger partial charge in [0.25, 0.3) is 5.91 Å². The first-order valence-electron chi connectivity index (χ1n) is 9.55. The summed E-state index contributed by atoms with van der Waals surface area (Å²) in [6.45, 7) is 8.12. The van der Waals surface area contributed by atoms with E-state index in [2.05, 4.69) is 22.8 Å². The number of benzene rings is 2. The van der Waals surface area contributed by atoms with E-state index in [4.69, 9.17) is 14.0 Å². The van der Waals surface area contributed by atoms with Crippen molar-refractivity contribution in [3.63, 3.8) is 0 Å². The minimum Gasteiger partial charge on any atom is -0.497 e. The highest BCUT2D eigenvalue weighted by molar-refractivity contribution is 5.77. The van der Waals surface area contributed by atoms with Gasteiger partial charge in [-0.15, -0.1) is 6.58 Å². The highest BCUT2D eigenvalue weighted by atomic mass is 16.5. The van der Waals surface area contributed by atoms with Gasteiger partial charge in [0.2, 0.25) is 11.7 Å². The summed E-state index contributed by atoms with van der Waals surface area (Å²) in [5.41, 5.74) is 2.96. The summed E-state index contributed by atoms with van der Waals surface area (Å²) in [4.78, 5) is 18.6. The lowest BCUT2D eigenvalue weighted by atomic mass is 10.1. The Morgan fingerprint density at radius 3 is 2.47 bits per heavy atom. The molecular weight excluding hydrogens is 382 g/mol. The summed E-state index contributed by atoms with van der Waals surface area (Å²) in [6, 6.07) is 13.2. The van der Waals surface area contributed by atoms with Crippen molar-refractivity contribution in [1.82, 2.24) is 15.0 Å². The highest BCUT2D eigenvalue weighted by Gasteiger charge is 2.18. The van der Waals surface area contributed by atoms with Gasteiger partial charge in [-0.1, -0.05) is 17.3 Å². The predicted molar refractivity (Wildman–Crippen MR) is 113 cm³/mol. The van der Waals surface area contributed by atoms with E-state index in [-0.39, 0.29) is 19.1 Å². The number of aryl methyl sites for hydroxylation is 2. The summed E-state index contributed by atoms with van der Waals surface area (Å²) in [6.07, 6.45) is 1.65. The van der Waals surface area contributed by atoms with Crippen LogP contribution in [-0.2, 0) is 11.3 Å². The molecule has 156 valence electrons. The van der Waals surface area contributed by atoms with Crippen LogP contribution in [0.25, 0.3) is 11.4 Å². The fraction of sp³-hybridized carbons (Fsp3) is 0.261. The fourth-order valence-electron chi connectivity index (χ4n) is 3.00. The van der Waals surface area contributed by atoms with Crippen LogP contribution in [0.2, 0.25) is 0 Å². The van der Waals surface area contributed by atoms with E-state index in [1.165, 1.54) is 0 Å². The molecule has 0 aliphatic rings. The Balaban J connectivity index is 1.65. The van der Waals surface area contributed by atoms with Crippen molar-refractivity contribution >= 4 is 5.91 Å². The van der Waals surface area contributed by atoms with E-state index in [0.29, 0.717) is 24.0 Å². The average molecular weight is 407 g/mol. The standard InChI is InChI=1S/C23H25N3O4/c1-5-10-26(22(27)15-29-20-12-16(2)11-17(3)13-20)14-21-24-23(25-30-21)18-6-8-19(28-4)9-7-18/h5-9,11-13H,1,10,14-15H2,2-4H3. The van der Waals surface area contributed by atoms with Gasteiger partial charge in [-0.25, -0.2) is 0 Å². The van der Waals surface area contributed by atoms with Crippen LogP contribution in [0.5, 0.6) is 11.5 Å². The Kier molecular flexibility index (Phi) is 6.85. The van der Waals surface area contributed by atoms with Crippen LogP contribution in [-0.4, -0.2) is 41.2 Å². The van der Waals surface area contributed by atoms with Crippen LogP contribution in [0.1, 0.15) is 17.0 Å². The van der Waals surface area contributed by atoms with E-state index in [9.17, 15) is 4.79 Å². The van der Waals surface area contributed by atoms with Crippen molar-refractivity contribution < 1.29 is 18.8 Å². The molecule has 3 aromatic rings. The van der Waals surface area contributed by atoms with Crippen LogP contribution < -0.4 is 9.47 Å². The van der Waals surface area contributed by atoms with Crippen molar-refractivity contribution in [3.05, 3.63) is 72.1 Å². The van der Waals surface area contributed by atoms with Crippen LogP contribution in [0.15, 0.2) is 59.6 Å². The van der Waals surface area contributed by atoms with Crippen LogP contribution >= 0.6 is 0 Å². The third-order valence-electron chi connectivity index (χ3n) is 4.40. The molecule has 1 aromatic heterocycles. The summed E-state index contributed by atoms with van der Waals surface area (Å²) in [5, 5.41) is 4.01. The Labute approximate surface area is 175 Å². The smallest absolute Gasteiger partial charge is 0.261 e. The molecule has 7 heteroatoms. The quantitative estimate of drug-likeness (QED) is 0.500. The molecule has 1 amide bonds. The molecule has 0 N–H and O–H groups in total. The van der Waals surface area contributed by atoms with Crippen molar-refractivity contribution in [2.24, 2.45) is 0 Å². The Bertz CT molecular complexity index is 991. The maximum Gasteiger partial charge on any atom is 0.261 e. The monoisotopic (exact) mass is 407 g/mol. The van der Waals surface area contributed by atoms with Crippen molar-refractivity contribution in [1.29, 1.82) is 0 Å². The first kappa shape index (κ1) is 21.1. The number of rotatable bonds is 9. The van der Waals surface area contributed by atoms with Gasteiger partial charge in [0.1, 0.15) is 18.0 Å². The molecular formula is C23H25N3O4. The Morgan fingerprint density at radius 1 is 1.13 bits per heavy atom. The molecule has 3 rings (SSSR count). The lowest BCUT2D eigenvalue weighted by molar-refractivity contribution is -0.133. The van der Waals surface area contributed by atoms with Crippen LogP contribution in [0.4, 0.5) is 0 Å². The molecule has 0 radical (unpaired) electrons. The van der Waals surface area contributed by atoms with E-state index < -0.39 is 0 Å². The lowest BCUT2D eigenvalue weighted by Crippen LogP contribution is -2.34. The second-order valence-corrected chi connectivity index (χ2v) is 6.92. The van der Waals surface area contributed by atoms with E-state index in [1.54, 1.807) is 18.1 Å². The molecule has 7 nitrogen and oxygen atoms in total. The first-order chi connectivity index (χ1) is 14.5. The van der Waals surface area contributed by atoms with Crippen molar-refractivity contribution in [2.45, 2.75) is 20.4 Å². The van der Waals surface area contributed by atoms with Gasteiger partial charge in [0, 0.05) is 12.1 Å². The van der Waals surface area contributed by atoms with Gasteiger partial charge in [-0.2, -0.15) is 4.98 Å². The number of methoxy groups -OCH3 is 1. The number of aromatic nitrogens is 2. The Hall–Kier alpha value is -3.61. The summed E-state index contributed by atoms with van der Waals surface area (Å²) in [5.74, 6) is 2.00. The highest BCUT2D eigenvalue weighted by Crippen LogP contribution is 2.20. The zero-order valence-electron chi connectivity index (χ0n) is 17.4. The molecule has 0 fully saturated rings. The molecule has 0 atom stereocenters. The normalized spacial score (nSPS) is 10.5. The van der Waals surface area contributed by atoms with Gasteiger partial charge in [-0.05, 0) is 61.4 Å². The van der Waals surface area contributed by atoms with Crippen molar-refractivity contribution in [3.8, 4) is 22.9 Å². The first-order valence-corrected chi connectivity index (χ1v) is 9.55. The van der Waals surface area contributed by atoms with E-state index in [1.807, 2.05) is 50.2 Å². The number of ether oxygens (including phenoxy) is 2. The average Bonchev–Trinajstić information content (AvgIpc) is 3.19. The second kappa shape index (κ2) is 9.73. The molecule has 0 spiro atoms. The molecule has 0 aliphatic carbocycles. The third kappa shape index (κ3) is 5.47. The number of hydrogen-bond donors (Lipinski definition) is 0. The molecule has 0 bridgehead atoms. The van der Waals surface area contributed by atoms with Gasteiger partial charge < -0.3 is 18.9 Å². The zero-order valence-corrected chi connectivity index (χ0v) is 17.4. The summed E-state index contributed by atoms with van der Waals surface area (Å²) < 4.78 is 16.2. The third-order valence-corrected chi connectivity index (χ3v) is 4.40. The number of hydrogen-bond acceptors (Lipinski definition) is 6. The SMILES string of the molecule is C=CCN(Cc1nc(-c2ccc(OC)cc2)no1)C(=O)COc1cc(C)cc(C)c1. The maximum absolute atomic E-state index is 12.7. The van der Waals surface area contributed by atoms with Gasteiger partial charge >= 0.3 is 0 Å². The maximum atomic E-state index is 12.7. The number of nitrogens with zero attached hydrogens (tertiary/aromatic N) is 3. The van der Waals surface area contributed by atoms with Gasteiger partial charge in [-0.3, -0.25) is 4.79 Å². The van der Waals surface area contributed by atoms with Gasteiger partial charge in [0.15, 0.2) is 6.61 Å². The summed E-state index contributed by atoms with van der Waals surface area (Å²) in [7, 11) is 1.61. The van der Waals surface area contributed by atoms with E-state index in [0.717, 1.165) is 22.4 Å². The fourth-order valence-corrected chi connectivity index (χ4v) is 3.00. The molecule has 0 saturated heterocycles. The predicted octanol–water partition coefficient (Wildman–Crippen LogP) is 3.96. The van der Waals surface area contributed by atoms with E-state index >= 15 is 0 Å². The topological polar surface area (TPSA) is 77.7 Å². The van der Waals surface area contributed by atoms with Crippen molar-refractivity contribution in [2.75, 3.05) is 20.3 Å². The molecule has 2 aromatic carbocycles. The number of carbonyl (C=O) groups excluding carboxylic acids is 1. The second-order valence-electron chi connectivity index (χ2n) is 6.92. The molecule has 0 saturated carbocycles. The summed E-state index contributed by atoms with van der Waals surface area (Å²) >= 11 is 0. The Morgan fingerprint density at radius 2 is 1.83 bits per heavy atom. The zero-order chi connectivity index (χ0) is 21.5. The van der Waals surface area contributed by atoms with Crippen LogP contribution in [0, 0.1) is 13.8 Å². The van der Waals surface area contributed by atoms with Gasteiger partial charge in [0.05, 0.1) is 7.11 Å². The van der Waals surface area contributed by atoms with Crippen LogP contribution in [0.3, 0.4) is 0 Å². The lowest BCUT2D eigenvalue weighted by Gasteiger charge is -2.19. The minimum atomic E-state index is -0.196. The number of carbonyl (C=O) groups is 1. The number of amides is 1. The minimum absolute atomic E-state index is 0.0871. The largest absolute Gasteiger partial charge is 0.497 e.